The van der Waals surface area contributed by atoms with Crippen molar-refractivity contribution in [2.24, 2.45) is 0 Å². The normalized spacial score (nSPS) is 20.5. The number of carbonyl (C=O) groups excluding carboxylic acids is 1. The number of ether oxygens (including phenoxy) is 1. The largest absolute Gasteiger partial charge is 0.466 e. The van der Waals surface area contributed by atoms with E-state index in [9.17, 15) is 4.79 Å². The van der Waals surface area contributed by atoms with E-state index in [1.165, 1.54) is 6.42 Å². The predicted molar refractivity (Wildman–Crippen MR) is 82.4 cm³/mol. The number of para-hydroxylation sites is 1. The minimum Gasteiger partial charge on any atom is -0.466 e. The number of anilines is 1. The van der Waals surface area contributed by atoms with Crippen LogP contribution in [0.25, 0.3) is 0 Å². The molecule has 0 saturated heterocycles. The van der Waals surface area contributed by atoms with Crippen molar-refractivity contribution in [2.45, 2.75) is 44.6 Å². The van der Waals surface area contributed by atoms with E-state index in [0.717, 1.165) is 36.9 Å². The van der Waals surface area contributed by atoms with Crippen molar-refractivity contribution in [1.82, 2.24) is 0 Å². The minimum atomic E-state index is -0.404. The molecule has 1 aromatic carbocycles. The zero-order valence-electron chi connectivity index (χ0n) is 12.2. The summed E-state index contributed by atoms with van der Waals surface area (Å²) in [6.45, 7) is 1.94. The molecule has 1 aliphatic carbocycles. The van der Waals surface area contributed by atoms with E-state index in [1.807, 2.05) is 37.3 Å². The van der Waals surface area contributed by atoms with Gasteiger partial charge in [0.15, 0.2) is 0 Å². The van der Waals surface area contributed by atoms with Crippen LogP contribution in [0, 0.1) is 5.41 Å². The SMILES string of the molecule is CC1=C(C(=O)Nc2ccccc2)C(=N)OC12CCCCC2. The summed E-state index contributed by atoms with van der Waals surface area (Å²) in [7, 11) is 0. The van der Waals surface area contributed by atoms with E-state index >= 15 is 0 Å². The number of nitrogens with one attached hydrogen (secondary N) is 2. The highest BCUT2D eigenvalue weighted by Crippen LogP contribution is 2.43. The van der Waals surface area contributed by atoms with E-state index in [-0.39, 0.29) is 11.8 Å². The molecule has 1 spiro atoms. The number of rotatable bonds is 2. The Kier molecular flexibility index (Phi) is 3.53. The van der Waals surface area contributed by atoms with E-state index in [4.69, 9.17) is 10.1 Å². The van der Waals surface area contributed by atoms with Crippen LogP contribution >= 0.6 is 0 Å². The molecule has 0 unspecified atom stereocenters. The molecule has 4 heteroatoms. The van der Waals surface area contributed by atoms with Gasteiger partial charge in [0.25, 0.3) is 5.91 Å². The van der Waals surface area contributed by atoms with Crippen molar-refractivity contribution in [3.8, 4) is 0 Å². The average Bonchev–Trinajstić information content (AvgIpc) is 2.71. The van der Waals surface area contributed by atoms with Crippen LogP contribution in [0.15, 0.2) is 41.5 Å². The van der Waals surface area contributed by atoms with E-state index < -0.39 is 5.60 Å². The number of amides is 1. The van der Waals surface area contributed by atoms with Gasteiger partial charge >= 0.3 is 0 Å². The van der Waals surface area contributed by atoms with Crippen LogP contribution in [0.5, 0.6) is 0 Å². The lowest BCUT2D eigenvalue weighted by Gasteiger charge is -2.33. The topological polar surface area (TPSA) is 62.2 Å². The van der Waals surface area contributed by atoms with Gasteiger partial charge < -0.3 is 10.1 Å². The predicted octanol–water partition coefficient (Wildman–Crippen LogP) is 3.65. The van der Waals surface area contributed by atoms with Gasteiger partial charge in [-0.3, -0.25) is 10.2 Å². The lowest BCUT2D eigenvalue weighted by Crippen LogP contribution is -2.33. The van der Waals surface area contributed by atoms with Gasteiger partial charge in [0, 0.05) is 5.69 Å². The Bertz CT molecular complexity index is 598. The highest BCUT2D eigenvalue weighted by Gasteiger charge is 2.46. The summed E-state index contributed by atoms with van der Waals surface area (Å²) < 4.78 is 5.82. The number of carbonyl (C=O) groups is 1. The first-order chi connectivity index (χ1) is 10.1. The molecule has 1 fully saturated rings. The second kappa shape index (κ2) is 5.35. The fraction of sp³-hybridized carbons (Fsp3) is 0.412. The Balaban J connectivity index is 1.86. The molecule has 1 aliphatic heterocycles. The van der Waals surface area contributed by atoms with Crippen molar-refractivity contribution >= 4 is 17.5 Å². The number of hydrogen-bond donors (Lipinski definition) is 2. The standard InChI is InChI=1S/C17H20N2O2/c1-12-14(16(20)19-13-8-4-2-5-9-13)15(18)21-17(12)10-6-3-7-11-17/h2,4-5,8-9,18H,3,6-7,10-11H2,1H3,(H,19,20). The van der Waals surface area contributed by atoms with Gasteiger partial charge in [-0.25, -0.2) is 0 Å². The van der Waals surface area contributed by atoms with Gasteiger partial charge in [-0.1, -0.05) is 24.6 Å². The maximum Gasteiger partial charge on any atom is 0.261 e. The highest BCUT2D eigenvalue weighted by molar-refractivity contribution is 6.24. The Hall–Kier alpha value is -2.10. The summed E-state index contributed by atoms with van der Waals surface area (Å²) >= 11 is 0. The first-order valence-corrected chi connectivity index (χ1v) is 7.48. The van der Waals surface area contributed by atoms with Crippen molar-refractivity contribution < 1.29 is 9.53 Å². The van der Waals surface area contributed by atoms with E-state index in [2.05, 4.69) is 5.32 Å². The molecule has 0 radical (unpaired) electrons. The molecule has 1 heterocycles. The van der Waals surface area contributed by atoms with Crippen LogP contribution < -0.4 is 5.32 Å². The van der Waals surface area contributed by atoms with Crippen LogP contribution in [-0.2, 0) is 9.53 Å². The summed E-state index contributed by atoms with van der Waals surface area (Å²) in [6, 6.07) is 9.32. The molecule has 1 aromatic rings. The quantitative estimate of drug-likeness (QED) is 0.870. The zero-order chi connectivity index (χ0) is 14.9. The number of hydrogen-bond acceptors (Lipinski definition) is 3. The molecule has 2 N–H and O–H groups in total. The summed E-state index contributed by atoms with van der Waals surface area (Å²) in [5.41, 5.74) is 1.65. The molecule has 1 amide bonds. The van der Waals surface area contributed by atoms with Crippen molar-refractivity contribution in [2.75, 3.05) is 5.32 Å². The van der Waals surface area contributed by atoms with Crippen LogP contribution in [0.3, 0.4) is 0 Å². The van der Waals surface area contributed by atoms with Crippen LogP contribution in [0.4, 0.5) is 5.69 Å². The zero-order valence-corrected chi connectivity index (χ0v) is 12.2. The monoisotopic (exact) mass is 284 g/mol. The van der Waals surface area contributed by atoms with Gasteiger partial charge in [0.05, 0.1) is 0 Å². The third-order valence-electron chi connectivity index (χ3n) is 4.50. The first kappa shape index (κ1) is 13.9. The molecule has 0 bridgehead atoms. The Morgan fingerprint density at radius 1 is 1.19 bits per heavy atom. The van der Waals surface area contributed by atoms with E-state index in [1.54, 1.807) is 0 Å². The maximum atomic E-state index is 12.5. The fourth-order valence-electron chi connectivity index (χ4n) is 3.31. The second-order valence-corrected chi connectivity index (χ2v) is 5.81. The summed E-state index contributed by atoms with van der Waals surface area (Å²) in [5, 5.41) is 10.9. The van der Waals surface area contributed by atoms with Gasteiger partial charge in [0.2, 0.25) is 5.90 Å². The molecule has 0 aromatic heterocycles. The summed E-state index contributed by atoms with van der Waals surface area (Å²) in [5.74, 6) is -0.228. The molecule has 2 aliphatic rings. The molecular weight excluding hydrogens is 264 g/mol. The molecule has 1 saturated carbocycles. The van der Waals surface area contributed by atoms with Gasteiger partial charge in [-0.15, -0.1) is 0 Å². The fourth-order valence-corrected chi connectivity index (χ4v) is 3.31. The van der Waals surface area contributed by atoms with Crippen molar-refractivity contribution in [3.05, 3.63) is 41.5 Å². The van der Waals surface area contributed by atoms with Crippen LogP contribution in [0.2, 0.25) is 0 Å². The Morgan fingerprint density at radius 3 is 2.52 bits per heavy atom. The maximum absolute atomic E-state index is 12.5. The molecular formula is C17H20N2O2. The summed E-state index contributed by atoms with van der Waals surface area (Å²) in [4.78, 5) is 12.5. The van der Waals surface area contributed by atoms with Crippen molar-refractivity contribution in [3.63, 3.8) is 0 Å². The Morgan fingerprint density at radius 2 is 1.86 bits per heavy atom. The highest BCUT2D eigenvalue weighted by atomic mass is 16.5. The van der Waals surface area contributed by atoms with Crippen LogP contribution in [-0.4, -0.2) is 17.4 Å². The average molecular weight is 284 g/mol. The third kappa shape index (κ3) is 2.46. The third-order valence-corrected chi connectivity index (χ3v) is 4.50. The van der Waals surface area contributed by atoms with E-state index in [0.29, 0.717) is 5.57 Å². The summed E-state index contributed by atoms with van der Waals surface area (Å²) in [6.07, 6.45) is 5.21. The molecule has 4 nitrogen and oxygen atoms in total. The first-order valence-electron chi connectivity index (χ1n) is 7.48. The van der Waals surface area contributed by atoms with Gasteiger partial charge in [-0.05, 0) is 50.3 Å². The van der Waals surface area contributed by atoms with Crippen molar-refractivity contribution in [1.29, 1.82) is 5.41 Å². The molecule has 21 heavy (non-hydrogen) atoms. The Labute approximate surface area is 124 Å². The molecule has 110 valence electrons. The van der Waals surface area contributed by atoms with Gasteiger partial charge in [-0.2, -0.15) is 0 Å². The lowest BCUT2D eigenvalue weighted by atomic mass is 9.79. The second-order valence-electron chi connectivity index (χ2n) is 5.81. The van der Waals surface area contributed by atoms with Crippen LogP contribution in [0.1, 0.15) is 39.0 Å². The molecule has 0 atom stereocenters. The number of benzene rings is 1. The van der Waals surface area contributed by atoms with Gasteiger partial charge in [0.1, 0.15) is 11.2 Å². The smallest absolute Gasteiger partial charge is 0.261 e. The lowest BCUT2D eigenvalue weighted by molar-refractivity contribution is -0.112. The molecule has 3 rings (SSSR count). The minimum absolute atomic E-state index is 0.0165.